The van der Waals surface area contributed by atoms with Gasteiger partial charge in [-0.25, -0.2) is 4.98 Å². The molecular formula is C21H20ClN3O2S. The monoisotopic (exact) mass is 413 g/mol. The van der Waals surface area contributed by atoms with E-state index in [9.17, 15) is 4.79 Å². The molecule has 1 fully saturated rings. The highest BCUT2D eigenvalue weighted by atomic mass is 35.5. The third-order valence-corrected chi connectivity index (χ3v) is 5.64. The molecular weight excluding hydrogens is 394 g/mol. The standard InChI is InChI=1S/C21H20ClN3O2S/c22-17-3-1-2-15(12-17)5-7-20(26)24-21-23-18-6-4-16(13-19(18)28-21)14-25-8-10-27-11-9-25/h1-7,12-13H,8-11,14H2,(H,23,24,26)/b7-5+. The minimum atomic E-state index is -0.215. The molecule has 3 aromatic rings. The maximum atomic E-state index is 12.2. The molecule has 7 heteroatoms. The van der Waals surface area contributed by atoms with Gasteiger partial charge in [0.1, 0.15) is 0 Å². The molecule has 144 valence electrons. The molecule has 0 bridgehead atoms. The van der Waals surface area contributed by atoms with Crippen LogP contribution in [0.25, 0.3) is 16.3 Å². The van der Waals surface area contributed by atoms with Crippen LogP contribution in [0.2, 0.25) is 5.02 Å². The minimum absolute atomic E-state index is 0.215. The number of morpholine rings is 1. The zero-order valence-electron chi connectivity index (χ0n) is 15.2. The Kier molecular flexibility index (Phi) is 6.02. The Balaban J connectivity index is 1.41. The number of nitrogens with one attached hydrogen (secondary N) is 1. The number of thiazole rings is 1. The summed E-state index contributed by atoms with van der Waals surface area (Å²) in [5.74, 6) is -0.215. The first-order valence-electron chi connectivity index (χ1n) is 9.10. The molecule has 0 radical (unpaired) electrons. The number of amides is 1. The van der Waals surface area contributed by atoms with E-state index in [4.69, 9.17) is 16.3 Å². The second kappa shape index (κ2) is 8.84. The number of rotatable bonds is 5. The SMILES string of the molecule is O=C(/C=C/c1cccc(Cl)c1)Nc1nc2ccc(CN3CCOCC3)cc2s1. The van der Waals surface area contributed by atoms with E-state index in [0.29, 0.717) is 10.2 Å². The molecule has 0 atom stereocenters. The fourth-order valence-corrected chi connectivity index (χ4v) is 4.20. The second-order valence-corrected chi connectivity index (χ2v) is 8.05. The molecule has 4 rings (SSSR count). The third-order valence-electron chi connectivity index (χ3n) is 4.47. The Hall–Kier alpha value is -2.25. The van der Waals surface area contributed by atoms with Gasteiger partial charge in [0.25, 0.3) is 0 Å². The van der Waals surface area contributed by atoms with Gasteiger partial charge in [0.2, 0.25) is 5.91 Å². The normalized spacial score (nSPS) is 15.3. The van der Waals surface area contributed by atoms with Crippen LogP contribution in [0.5, 0.6) is 0 Å². The van der Waals surface area contributed by atoms with Gasteiger partial charge in [0.15, 0.2) is 5.13 Å². The first-order valence-corrected chi connectivity index (χ1v) is 10.3. The topological polar surface area (TPSA) is 54.5 Å². The van der Waals surface area contributed by atoms with E-state index in [1.807, 2.05) is 18.2 Å². The largest absolute Gasteiger partial charge is 0.379 e. The van der Waals surface area contributed by atoms with Gasteiger partial charge in [-0.05, 0) is 41.5 Å². The van der Waals surface area contributed by atoms with E-state index >= 15 is 0 Å². The predicted molar refractivity (Wildman–Crippen MR) is 115 cm³/mol. The summed E-state index contributed by atoms with van der Waals surface area (Å²) >= 11 is 7.44. The Morgan fingerprint density at radius 3 is 2.93 bits per heavy atom. The zero-order chi connectivity index (χ0) is 19.3. The number of hydrogen-bond acceptors (Lipinski definition) is 5. The number of hydrogen-bond donors (Lipinski definition) is 1. The summed E-state index contributed by atoms with van der Waals surface area (Å²) in [5, 5.41) is 4.08. The summed E-state index contributed by atoms with van der Waals surface area (Å²) in [4.78, 5) is 19.1. The average Bonchev–Trinajstić information content (AvgIpc) is 3.09. The quantitative estimate of drug-likeness (QED) is 0.628. The van der Waals surface area contributed by atoms with Crippen molar-refractivity contribution in [3.8, 4) is 0 Å². The maximum Gasteiger partial charge on any atom is 0.250 e. The van der Waals surface area contributed by atoms with Crippen LogP contribution >= 0.6 is 22.9 Å². The highest BCUT2D eigenvalue weighted by Crippen LogP contribution is 2.27. The highest BCUT2D eigenvalue weighted by Gasteiger charge is 2.12. The Morgan fingerprint density at radius 1 is 1.25 bits per heavy atom. The predicted octanol–water partition coefficient (Wildman–Crippen LogP) is 4.43. The highest BCUT2D eigenvalue weighted by molar-refractivity contribution is 7.22. The summed E-state index contributed by atoms with van der Waals surface area (Å²) in [7, 11) is 0. The van der Waals surface area contributed by atoms with Gasteiger partial charge < -0.3 is 4.74 Å². The van der Waals surface area contributed by atoms with Gasteiger partial charge in [0, 0.05) is 30.7 Å². The molecule has 1 aliphatic rings. The fourth-order valence-electron chi connectivity index (χ4n) is 3.07. The Labute approximate surface area is 172 Å². The molecule has 28 heavy (non-hydrogen) atoms. The smallest absolute Gasteiger partial charge is 0.250 e. The molecule has 0 unspecified atom stereocenters. The van der Waals surface area contributed by atoms with E-state index in [1.165, 1.54) is 23.0 Å². The first-order chi connectivity index (χ1) is 13.7. The Bertz CT molecular complexity index is 1010. The van der Waals surface area contributed by atoms with Crippen LogP contribution in [0, 0.1) is 0 Å². The lowest BCUT2D eigenvalue weighted by molar-refractivity contribution is -0.111. The number of fused-ring (bicyclic) bond motifs is 1. The number of anilines is 1. The summed E-state index contributed by atoms with van der Waals surface area (Å²) in [6.45, 7) is 4.41. The van der Waals surface area contributed by atoms with Crippen LogP contribution < -0.4 is 5.32 Å². The maximum absolute atomic E-state index is 12.2. The van der Waals surface area contributed by atoms with Crippen LogP contribution in [-0.2, 0) is 16.1 Å². The second-order valence-electron chi connectivity index (χ2n) is 6.59. The van der Waals surface area contributed by atoms with Crippen LogP contribution in [0.3, 0.4) is 0 Å². The van der Waals surface area contributed by atoms with Gasteiger partial charge in [-0.15, -0.1) is 0 Å². The van der Waals surface area contributed by atoms with E-state index in [1.54, 1.807) is 18.2 Å². The number of carbonyl (C=O) groups excluding carboxylic acids is 1. The molecule has 0 spiro atoms. The number of carbonyl (C=O) groups is 1. The van der Waals surface area contributed by atoms with Crippen LogP contribution in [0.15, 0.2) is 48.5 Å². The van der Waals surface area contributed by atoms with Crippen molar-refractivity contribution in [2.45, 2.75) is 6.54 Å². The van der Waals surface area contributed by atoms with Crippen LogP contribution in [0.1, 0.15) is 11.1 Å². The first kappa shape index (κ1) is 19.1. The summed E-state index contributed by atoms with van der Waals surface area (Å²) < 4.78 is 6.47. The van der Waals surface area contributed by atoms with E-state index in [-0.39, 0.29) is 5.91 Å². The lowest BCUT2D eigenvalue weighted by Gasteiger charge is -2.26. The van der Waals surface area contributed by atoms with E-state index < -0.39 is 0 Å². The molecule has 1 amide bonds. The Morgan fingerprint density at radius 2 is 2.11 bits per heavy atom. The van der Waals surface area contributed by atoms with Crippen LogP contribution in [0.4, 0.5) is 5.13 Å². The lowest BCUT2D eigenvalue weighted by Crippen LogP contribution is -2.35. The van der Waals surface area contributed by atoms with Crippen molar-refractivity contribution in [3.63, 3.8) is 0 Å². The number of nitrogens with zero attached hydrogens (tertiary/aromatic N) is 2. The van der Waals surface area contributed by atoms with Crippen LogP contribution in [-0.4, -0.2) is 42.1 Å². The van der Waals surface area contributed by atoms with Gasteiger partial charge in [-0.2, -0.15) is 0 Å². The minimum Gasteiger partial charge on any atom is -0.379 e. The summed E-state index contributed by atoms with van der Waals surface area (Å²) in [5.41, 5.74) is 3.02. The number of halogens is 1. The third kappa shape index (κ3) is 4.97. The molecule has 1 aliphatic heterocycles. The van der Waals surface area contributed by atoms with Crippen molar-refractivity contribution >= 4 is 50.3 Å². The van der Waals surface area contributed by atoms with Gasteiger partial charge in [-0.3, -0.25) is 15.0 Å². The number of ether oxygens (including phenoxy) is 1. The molecule has 1 aromatic heterocycles. The molecule has 2 heterocycles. The zero-order valence-corrected chi connectivity index (χ0v) is 16.8. The van der Waals surface area contributed by atoms with E-state index in [2.05, 4.69) is 27.3 Å². The van der Waals surface area contributed by atoms with Gasteiger partial charge in [-0.1, -0.05) is 41.1 Å². The fraction of sp³-hybridized carbons (Fsp3) is 0.238. The number of aromatic nitrogens is 1. The summed E-state index contributed by atoms with van der Waals surface area (Å²) in [6.07, 6.45) is 3.22. The molecule has 1 N–H and O–H groups in total. The molecule has 5 nitrogen and oxygen atoms in total. The van der Waals surface area contributed by atoms with Crippen molar-refractivity contribution in [2.24, 2.45) is 0 Å². The van der Waals surface area contributed by atoms with E-state index in [0.717, 1.165) is 48.6 Å². The van der Waals surface area contributed by atoms with Crippen molar-refractivity contribution in [3.05, 3.63) is 64.7 Å². The van der Waals surface area contributed by atoms with Crippen molar-refractivity contribution < 1.29 is 9.53 Å². The lowest BCUT2D eigenvalue weighted by atomic mass is 10.2. The van der Waals surface area contributed by atoms with Crippen molar-refractivity contribution in [2.75, 3.05) is 31.6 Å². The number of benzene rings is 2. The molecule has 0 saturated carbocycles. The van der Waals surface area contributed by atoms with Crippen molar-refractivity contribution in [1.29, 1.82) is 0 Å². The molecule has 2 aromatic carbocycles. The summed E-state index contributed by atoms with van der Waals surface area (Å²) in [6, 6.07) is 13.6. The average molecular weight is 414 g/mol. The molecule has 1 saturated heterocycles. The molecule has 0 aliphatic carbocycles. The van der Waals surface area contributed by atoms with Gasteiger partial charge >= 0.3 is 0 Å². The van der Waals surface area contributed by atoms with Crippen molar-refractivity contribution in [1.82, 2.24) is 9.88 Å². The van der Waals surface area contributed by atoms with Gasteiger partial charge in [0.05, 0.1) is 23.4 Å².